The second kappa shape index (κ2) is 7.30. The number of aliphatic hydroxyl groups is 1. The van der Waals surface area contributed by atoms with E-state index >= 15 is 0 Å². The van der Waals surface area contributed by atoms with Gasteiger partial charge in [-0.15, -0.1) is 5.10 Å². The fraction of sp³-hybridized carbons (Fsp3) is 0.500. The number of aliphatic hydroxyl groups excluding tert-OH is 1. The third-order valence-electron chi connectivity index (χ3n) is 5.04. The van der Waals surface area contributed by atoms with Crippen molar-refractivity contribution in [2.45, 2.75) is 50.1 Å². The molecule has 2 aromatic rings. The summed E-state index contributed by atoms with van der Waals surface area (Å²) in [7, 11) is 0. The number of halogens is 3. The number of aromatic nitrogens is 3. The molecule has 0 saturated carbocycles. The molecule has 162 valence electrons. The normalized spacial score (nSPS) is 30.7. The summed E-state index contributed by atoms with van der Waals surface area (Å²) in [5, 5.41) is 27.8. The van der Waals surface area contributed by atoms with Gasteiger partial charge in [-0.1, -0.05) is 5.21 Å². The van der Waals surface area contributed by atoms with Gasteiger partial charge in [0.05, 0.1) is 12.8 Å². The molecule has 2 N–H and O–H groups in total. The van der Waals surface area contributed by atoms with Crippen LogP contribution in [-0.2, 0) is 19.0 Å². The Morgan fingerprint density at radius 1 is 1.27 bits per heavy atom. The average Bonchev–Trinajstić information content (AvgIpc) is 3.14. The molecule has 1 aromatic heterocycles. The zero-order chi connectivity index (χ0) is 21.8. The highest BCUT2D eigenvalue weighted by molar-refractivity contribution is 5.73. The van der Waals surface area contributed by atoms with Gasteiger partial charge in [0, 0.05) is 5.56 Å². The van der Waals surface area contributed by atoms with Gasteiger partial charge in [0.25, 0.3) is 0 Å². The fourth-order valence-electron chi connectivity index (χ4n) is 3.63. The minimum absolute atomic E-state index is 0.0127. The van der Waals surface area contributed by atoms with Gasteiger partial charge >= 0.3 is 5.97 Å². The molecule has 0 spiro atoms. The Kier molecular flexibility index (Phi) is 5.04. The molecule has 0 amide bonds. The van der Waals surface area contributed by atoms with Crippen molar-refractivity contribution in [2.75, 3.05) is 6.61 Å². The fourth-order valence-corrected chi connectivity index (χ4v) is 3.63. The van der Waals surface area contributed by atoms with Gasteiger partial charge < -0.3 is 24.4 Å². The first kappa shape index (κ1) is 20.7. The van der Waals surface area contributed by atoms with E-state index in [0.29, 0.717) is 0 Å². The molecule has 4 rings (SSSR count). The van der Waals surface area contributed by atoms with Crippen molar-refractivity contribution in [3.05, 3.63) is 35.8 Å². The van der Waals surface area contributed by atoms with E-state index in [4.69, 9.17) is 14.2 Å². The van der Waals surface area contributed by atoms with Crippen LogP contribution in [-0.4, -0.2) is 68.0 Å². The van der Waals surface area contributed by atoms with Crippen molar-refractivity contribution in [1.29, 1.82) is 0 Å². The molecule has 2 aliphatic rings. The highest BCUT2D eigenvalue weighted by Crippen LogP contribution is 2.38. The average molecular weight is 429 g/mol. The molecule has 2 fully saturated rings. The molecule has 2 saturated heterocycles. The number of benzene rings is 1. The van der Waals surface area contributed by atoms with Crippen molar-refractivity contribution in [1.82, 2.24) is 15.0 Å². The summed E-state index contributed by atoms with van der Waals surface area (Å²) in [5.41, 5.74) is -0.0972. The molecule has 1 unspecified atom stereocenters. The Hall–Kier alpha value is -2.54. The van der Waals surface area contributed by atoms with E-state index in [1.807, 2.05) is 0 Å². The van der Waals surface area contributed by atoms with Crippen molar-refractivity contribution in [3.8, 4) is 11.3 Å². The first-order valence-electron chi connectivity index (χ1n) is 9.02. The van der Waals surface area contributed by atoms with Crippen molar-refractivity contribution >= 4 is 5.97 Å². The number of carbonyl (C=O) groups is 1. The van der Waals surface area contributed by atoms with Gasteiger partial charge in [-0.25, -0.2) is 22.6 Å². The highest BCUT2D eigenvalue weighted by atomic mass is 19.2. The van der Waals surface area contributed by atoms with Crippen LogP contribution in [0.15, 0.2) is 18.3 Å². The second-order valence-electron chi connectivity index (χ2n) is 7.55. The van der Waals surface area contributed by atoms with Gasteiger partial charge in [-0.3, -0.25) is 0 Å². The monoisotopic (exact) mass is 429 g/mol. The second-order valence-corrected chi connectivity index (χ2v) is 7.55. The van der Waals surface area contributed by atoms with Crippen LogP contribution in [0, 0.1) is 17.5 Å². The zero-order valence-electron chi connectivity index (χ0n) is 15.8. The predicted octanol–water partition coefficient (Wildman–Crippen LogP) is 1.27. The molecule has 0 bridgehead atoms. The Morgan fingerprint density at radius 3 is 2.57 bits per heavy atom. The molecule has 0 aliphatic carbocycles. The summed E-state index contributed by atoms with van der Waals surface area (Å²) in [6, 6.07) is 0.457. The summed E-state index contributed by atoms with van der Waals surface area (Å²) >= 11 is 0. The van der Waals surface area contributed by atoms with Crippen LogP contribution >= 0.6 is 0 Å². The van der Waals surface area contributed by atoms with E-state index in [1.54, 1.807) is 13.8 Å². The lowest BCUT2D eigenvalue weighted by atomic mass is 9.91. The third-order valence-corrected chi connectivity index (χ3v) is 5.04. The molecule has 12 heteroatoms. The minimum atomic E-state index is -1.61. The highest BCUT2D eigenvalue weighted by Gasteiger charge is 2.54. The van der Waals surface area contributed by atoms with Crippen LogP contribution in [0.4, 0.5) is 13.2 Å². The first-order chi connectivity index (χ1) is 14.1. The summed E-state index contributed by atoms with van der Waals surface area (Å²) in [6.45, 7) is 3.31. The Bertz CT molecular complexity index is 961. The van der Waals surface area contributed by atoms with E-state index in [9.17, 15) is 28.2 Å². The molecule has 0 radical (unpaired) electrons. The van der Waals surface area contributed by atoms with Crippen LogP contribution < -0.4 is 0 Å². The van der Waals surface area contributed by atoms with Crippen molar-refractivity contribution in [3.63, 3.8) is 0 Å². The lowest BCUT2D eigenvalue weighted by Gasteiger charge is -2.49. The van der Waals surface area contributed by atoms with Gasteiger partial charge in [0.15, 0.2) is 29.3 Å². The van der Waals surface area contributed by atoms with Crippen LogP contribution in [0.5, 0.6) is 0 Å². The van der Waals surface area contributed by atoms with Crippen LogP contribution in [0.3, 0.4) is 0 Å². The van der Waals surface area contributed by atoms with E-state index in [0.717, 1.165) is 16.8 Å². The Labute approximate surface area is 168 Å². The summed E-state index contributed by atoms with van der Waals surface area (Å²) in [4.78, 5) is 11.5. The molecular weight excluding hydrogens is 411 g/mol. The van der Waals surface area contributed by atoms with Gasteiger partial charge in [-0.05, 0) is 26.0 Å². The molecule has 9 nitrogen and oxygen atoms in total. The lowest BCUT2D eigenvalue weighted by molar-refractivity contribution is -0.346. The number of hydrogen-bond donors (Lipinski definition) is 2. The number of aliphatic carboxylic acids is 1. The van der Waals surface area contributed by atoms with E-state index < -0.39 is 59.7 Å². The molecule has 2 aliphatic heterocycles. The molecule has 3 heterocycles. The SMILES string of the molecule is CC1(C)OC[C@H]2O[C@@H](C(=O)O)[C@H](O)[C@@H](n3cc(-c4cc(F)c(F)c(F)c4)nn3)C2O1. The molecular formula is C18H18F3N3O6. The Morgan fingerprint density at radius 2 is 1.93 bits per heavy atom. The predicted molar refractivity (Wildman–Crippen MR) is 91.6 cm³/mol. The van der Waals surface area contributed by atoms with Gasteiger partial charge in [0.2, 0.25) is 0 Å². The molecule has 5 atom stereocenters. The maximum Gasteiger partial charge on any atom is 0.335 e. The van der Waals surface area contributed by atoms with E-state index in [2.05, 4.69) is 10.3 Å². The van der Waals surface area contributed by atoms with Crippen LogP contribution in [0.2, 0.25) is 0 Å². The van der Waals surface area contributed by atoms with Gasteiger partial charge in [0.1, 0.15) is 30.0 Å². The van der Waals surface area contributed by atoms with Crippen LogP contribution in [0.1, 0.15) is 19.9 Å². The molecule has 1 aromatic carbocycles. The first-order valence-corrected chi connectivity index (χ1v) is 9.02. The number of carboxylic acids is 1. The number of rotatable bonds is 3. The number of nitrogens with zero attached hydrogens (tertiary/aromatic N) is 3. The van der Waals surface area contributed by atoms with Crippen LogP contribution in [0.25, 0.3) is 11.3 Å². The summed E-state index contributed by atoms with van der Waals surface area (Å²) in [5.74, 6) is -6.84. The molecule has 30 heavy (non-hydrogen) atoms. The van der Waals surface area contributed by atoms with E-state index in [1.165, 1.54) is 6.20 Å². The number of carboxylic acid groups (broad SMARTS) is 1. The standard InChI is InChI=1S/C18H18F3N3O6/c1-18(2)28-6-11-15(30-18)13(14(25)16(29-11)17(26)27)24-5-10(22-23-24)7-3-8(19)12(21)9(20)4-7/h3-5,11,13-16,25H,6H2,1-2H3,(H,26,27)/t11-,13-,14-,15?,16-/m1/s1. The van der Waals surface area contributed by atoms with Crippen molar-refractivity contribution in [2.24, 2.45) is 0 Å². The number of hydrogen-bond acceptors (Lipinski definition) is 7. The topological polar surface area (TPSA) is 116 Å². The van der Waals surface area contributed by atoms with Crippen molar-refractivity contribution < 1.29 is 42.4 Å². The number of ether oxygens (including phenoxy) is 3. The maximum atomic E-state index is 13.6. The maximum absolute atomic E-state index is 13.6. The zero-order valence-corrected chi connectivity index (χ0v) is 15.8. The third kappa shape index (κ3) is 3.55. The lowest BCUT2D eigenvalue weighted by Crippen LogP contribution is -2.63. The summed E-state index contributed by atoms with van der Waals surface area (Å²) < 4.78 is 58.3. The largest absolute Gasteiger partial charge is 0.479 e. The van der Waals surface area contributed by atoms with E-state index in [-0.39, 0.29) is 17.9 Å². The Balaban J connectivity index is 1.72. The smallest absolute Gasteiger partial charge is 0.335 e. The minimum Gasteiger partial charge on any atom is -0.479 e. The van der Waals surface area contributed by atoms with Gasteiger partial charge in [-0.2, -0.15) is 0 Å². The number of fused-ring (bicyclic) bond motifs is 1. The quantitative estimate of drug-likeness (QED) is 0.701. The summed E-state index contributed by atoms with van der Waals surface area (Å²) in [6.07, 6.45) is -3.57.